The maximum absolute atomic E-state index is 13.8. The Kier molecular flexibility index (Phi) is 3.90. The maximum atomic E-state index is 13.8. The molecule has 5 heteroatoms. The van der Waals surface area contributed by atoms with E-state index in [1.54, 1.807) is 12.3 Å². The molecule has 0 saturated heterocycles. The smallest absolute Gasteiger partial charge is 0.150 e. The van der Waals surface area contributed by atoms with Crippen molar-refractivity contribution in [3.8, 4) is 10.4 Å². The summed E-state index contributed by atoms with van der Waals surface area (Å²) in [5.74, 6) is 0.594. The number of hydrogen-bond donors (Lipinski definition) is 1. The van der Waals surface area contributed by atoms with Gasteiger partial charge in [0.15, 0.2) is 0 Å². The SMILES string of the molecule is Fc1ccc(CNCc2ccno2)cc1-c1cccs1. The minimum atomic E-state index is -0.188. The molecule has 0 saturated carbocycles. The highest BCUT2D eigenvalue weighted by molar-refractivity contribution is 7.13. The van der Waals surface area contributed by atoms with Gasteiger partial charge in [-0.3, -0.25) is 0 Å². The molecular weight excluding hydrogens is 275 g/mol. The van der Waals surface area contributed by atoms with Crippen molar-refractivity contribution in [3.63, 3.8) is 0 Å². The molecule has 2 heterocycles. The Bertz CT molecular complexity index is 665. The van der Waals surface area contributed by atoms with Gasteiger partial charge < -0.3 is 9.84 Å². The van der Waals surface area contributed by atoms with E-state index >= 15 is 0 Å². The van der Waals surface area contributed by atoms with E-state index in [9.17, 15) is 4.39 Å². The Morgan fingerprint density at radius 3 is 2.90 bits per heavy atom. The van der Waals surface area contributed by atoms with Crippen molar-refractivity contribution >= 4 is 11.3 Å². The largest absolute Gasteiger partial charge is 0.360 e. The van der Waals surface area contributed by atoms with Gasteiger partial charge in [-0.2, -0.15) is 0 Å². The molecule has 0 amide bonds. The second-order valence-electron chi connectivity index (χ2n) is 4.37. The molecule has 0 unspecified atom stereocenters. The van der Waals surface area contributed by atoms with Crippen LogP contribution < -0.4 is 5.32 Å². The summed E-state index contributed by atoms with van der Waals surface area (Å²) in [6.45, 7) is 1.26. The minimum absolute atomic E-state index is 0.188. The molecule has 1 aromatic carbocycles. The molecule has 3 aromatic rings. The third-order valence-electron chi connectivity index (χ3n) is 2.94. The number of rotatable bonds is 5. The van der Waals surface area contributed by atoms with Gasteiger partial charge in [0.1, 0.15) is 11.6 Å². The lowest BCUT2D eigenvalue weighted by Gasteiger charge is -2.06. The van der Waals surface area contributed by atoms with E-state index in [1.165, 1.54) is 17.4 Å². The van der Waals surface area contributed by atoms with Crippen molar-refractivity contribution in [2.45, 2.75) is 13.1 Å². The highest BCUT2D eigenvalue weighted by Gasteiger charge is 2.07. The Morgan fingerprint density at radius 1 is 1.20 bits per heavy atom. The van der Waals surface area contributed by atoms with Crippen molar-refractivity contribution in [1.29, 1.82) is 0 Å². The zero-order valence-corrected chi connectivity index (χ0v) is 11.5. The summed E-state index contributed by atoms with van der Waals surface area (Å²) in [5.41, 5.74) is 1.69. The zero-order valence-electron chi connectivity index (χ0n) is 10.7. The van der Waals surface area contributed by atoms with Crippen LogP contribution in [0.15, 0.2) is 52.5 Å². The van der Waals surface area contributed by atoms with E-state index in [-0.39, 0.29) is 5.82 Å². The third-order valence-corrected chi connectivity index (χ3v) is 3.84. The van der Waals surface area contributed by atoms with Crippen LogP contribution in [0.3, 0.4) is 0 Å². The van der Waals surface area contributed by atoms with Crippen LogP contribution >= 0.6 is 11.3 Å². The Balaban J connectivity index is 1.69. The first-order chi connectivity index (χ1) is 9.83. The Hall–Kier alpha value is -1.98. The summed E-state index contributed by atoms with van der Waals surface area (Å²) in [6.07, 6.45) is 1.61. The van der Waals surface area contributed by atoms with Crippen molar-refractivity contribution < 1.29 is 8.91 Å². The normalized spacial score (nSPS) is 10.8. The van der Waals surface area contributed by atoms with E-state index in [0.717, 1.165) is 16.2 Å². The van der Waals surface area contributed by atoms with Gasteiger partial charge in [-0.1, -0.05) is 17.3 Å². The monoisotopic (exact) mass is 288 g/mol. The fraction of sp³-hybridized carbons (Fsp3) is 0.133. The van der Waals surface area contributed by atoms with E-state index in [1.807, 2.05) is 29.6 Å². The first-order valence-corrected chi connectivity index (χ1v) is 7.13. The average Bonchev–Trinajstić information content (AvgIpc) is 3.13. The van der Waals surface area contributed by atoms with Crippen molar-refractivity contribution in [1.82, 2.24) is 10.5 Å². The van der Waals surface area contributed by atoms with Crippen LogP contribution in [-0.2, 0) is 13.1 Å². The number of nitrogens with zero attached hydrogens (tertiary/aromatic N) is 1. The average molecular weight is 288 g/mol. The number of thiophene rings is 1. The molecule has 0 aliphatic rings. The molecule has 0 aliphatic carbocycles. The first-order valence-electron chi connectivity index (χ1n) is 6.25. The lowest BCUT2D eigenvalue weighted by atomic mass is 10.1. The molecule has 2 aromatic heterocycles. The Morgan fingerprint density at radius 2 is 2.15 bits per heavy atom. The molecule has 0 aliphatic heterocycles. The van der Waals surface area contributed by atoms with Crippen LogP contribution in [0.1, 0.15) is 11.3 Å². The predicted octanol–water partition coefficient (Wildman–Crippen LogP) is 3.83. The van der Waals surface area contributed by atoms with Gasteiger partial charge in [0.25, 0.3) is 0 Å². The summed E-state index contributed by atoms with van der Waals surface area (Å²) in [5, 5.41) is 8.84. The molecule has 1 N–H and O–H groups in total. The zero-order chi connectivity index (χ0) is 13.8. The molecule has 0 atom stereocenters. The van der Waals surface area contributed by atoms with Gasteiger partial charge in [-0.15, -0.1) is 11.3 Å². The Labute approximate surface area is 120 Å². The molecule has 0 bridgehead atoms. The second-order valence-corrected chi connectivity index (χ2v) is 5.32. The fourth-order valence-electron chi connectivity index (χ4n) is 1.97. The quantitative estimate of drug-likeness (QED) is 0.775. The molecular formula is C15H13FN2OS. The van der Waals surface area contributed by atoms with Crippen LogP contribution in [0.25, 0.3) is 10.4 Å². The molecule has 0 radical (unpaired) electrons. The van der Waals surface area contributed by atoms with Crippen LogP contribution in [0.4, 0.5) is 4.39 Å². The van der Waals surface area contributed by atoms with Gasteiger partial charge in [0.05, 0.1) is 12.7 Å². The summed E-state index contributed by atoms with van der Waals surface area (Å²) in [6, 6.07) is 10.9. The molecule has 20 heavy (non-hydrogen) atoms. The third kappa shape index (κ3) is 2.95. The summed E-state index contributed by atoms with van der Waals surface area (Å²) < 4.78 is 18.8. The number of aromatic nitrogens is 1. The van der Waals surface area contributed by atoms with Crippen LogP contribution in [-0.4, -0.2) is 5.16 Å². The predicted molar refractivity (Wildman–Crippen MR) is 76.8 cm³/mol. The van der Waals surface area contributed by atoms with Crippen LogP contribution in [0, 0.1) is 5.82 Å². The van der Waals surface area contributed by atoms with Crippen molar-refractivity contribution in [3.05, 3.63) is 65.1 Å². The number of hydrogen-bond acceptors (Lipinski definition) is 4. The molecule has 0 spiro atoms. The summed E-state index contributed by atoms with van der Waals surface area (Å²) in [4.78, 5) is 0.944. The van der Waals surface area contributed by atoms with E-state index < -0.39 is 0 Å². The van der Waals surface area contributed by atoms with Crippen LogP contribution in [0.2, 0.25) is 0 Å². The molecule has 3 rings (SSSR count). The van der Waals surface area contributed by atoms with E-state index in [2.05, 4.69) is 10.5 Å². The van der Waals surface area contributed by atoms with E-state index in [4.69, 9.17) is 4.52 Å². The van der Waals surface area contributed by atoms with Crippen LogP contribution in [0.5, 0.6) is 0 Å². The van der Waals surface area contributed by atoms with Gasteiger partial charge in [0, 0.05) is 23.1 Å². The summed E-state index contributed by atoms with van der Waals surface area (Å²) in [7, 11) is 0. The second kappa shape index (κ2) is 5.98. The molecule has 3 nitrogen and oxygen atoms in total. The van der Waals surface area contributed by atoms with Gasteiger partial charge >= 0.3 is 0 Å². The van der Waals surface area contributed by atoms with E-state index in [0.29, 0.717) is 18.7 Å². The molecule has 102 valence electrons. The highest BCUT2D eigenvalue weighted by atomic mass is 32.1. The van der Waals surface area contributed by atoms with Gasteiger partial charge in [-0.05, 0) is 29.1 Å². The topological polar surface area (TPSA) is 38.1 Å². The first kappa shape index (κ1) is 13.0. The summed E-state index contributed by atoms with van der Waals surface area (Å²) >= 11 is 1.54. The number of nitrogens with one attached hydrogen (secondary N) is 1. The number of halogens is 1. The minimum Gasteiger partial charge on any atom is -0.360 e. The molecule has 0 fully saturated rings. The standard InChI is InChI=1S/C15H13FN2OS/c16-14-4-3-11(8-13(14)15-2-1-7-20-15)9-17-10-12-5-6-18-19-12/h1-8,17H,9-10H2. The van der Waals surface area contributed by atoms with Crippen molar-refractivity contribution in [2.75, 3.05) is 0 Å². The van der Waals surface area contributed by atoms with Gasteiger partial charge in [0.2, 0.25) is 0 Å². The van der Waals surface area contributed by atoms with Gasteiger partial charge in [-0.25, -0.2) is 4.39 Å². The number of benzene rings is 1. The lowest BCUT2D eigenvalue weighted by molar-refractivity contribution is 0.373. The fourth-order valence-corrected chi connectivity index (χ4v) is 2.71. The lowest BCUT2D eigenvalue weighted by Crippen LogP contribution is -2.12. The van der Waals surface area contributed by atoms with Crippen molar-refractivity contribution in [2.24, 2.45) is 0 Å². The highest BCUT2D eigenvalue weighted by Crippen LogP contribution is 2.28. The maximum Gasteiger partial charge on any atom is 0.150 e.